The summed E-state index contributed by atoms with van der Waals surface area (Å²) in [5, 5.41) is 7.77. The largest absolute Gasteiger partial charge is 0.369 e. The molecular weight excluding hydrogens is 770 g/mol. The molecule has 0 aromatic carbocycles. The maximum atomic E-state index is 13.5. The molecule has 3 aromatic rings. The summed E-state index contributed by atoms with van der Waals surface area (Å²) in [6.07, 6.45) is 9.05. The summed E-state index contributed by atoms with van der Waals surface area (Å²) >= 11 is 0. The van der Waals surface area contributed by atoms with Gasteiger partial charge < -0.3 is 48.1 Å². The van der Waals surface area contributed by atoms with Crippen molar-refractivity contribution in [3.63, 3.8) is 0 Å². The van der Waals surface area contributed by atoms with Gasteiger partial charge in [-0.3, -0.25) is 53.1 Å². The number of Topliss-reactive ketones (excluding diaryl/α,β-unsaturated/α-hetero) is 2. The molecule has 0 aliphatic heterocycles. The second-order valence-electron chi connectivity index (χ2n) is 14.0. The fourth-order valence-corrected chi connectivity index (χ4v) is 5.99. The lowest BCUT2D eigenvalue weighted by Gasteiger charge is -2.30. The standard InChI is InChI=1S/C36H55N15O8/c1-3-27(52)15-50(19-33(56)48-30(36(39)59)11-26-14-43-22-46-26)6-4-49(18-32(55)47-29(35(38)58)10-25-13-42-21-45-25)5-7-51(17-31(54)40-2)16-28(53)9-23(34(37)57)8-24-12-41-20-44-24/h12-14,20-23,29-30H,3-11,15-19H2,1-2H3,(H2,37,57)(H2,38,58)(H2,39,59)(H,40,54)(H,41,44)(H,42,45)(H,43,46)(H,47,55)(H,48,56). The van der Waals surface area contributed by atoms with E-state index in [1.54, 1.807) is 21.6 Å². The van der Waals surface area contributed by atoms with Gasteiger partial charge in [-0.05, 0) is 0 Å². The van der Waals surface area contributed by atoms with E-state index >= 15 is 0 Å². The van der Waals surface area contributed by atoms with Crippen molar-refractivity contribution in [1.29, 1.82) is 0 Å². The molecular formula is C36H55N15O8. The van der Waals surface area contributed by atoms with Gasteiger partial charge in [0.2, 0.25) is 35.4 Å². The lowest BCUT2D eigenvalue weighted by atomic mass is 9.96. The van der Waals surface area contributed by atoms with Gasteiger partial charge in [-0.2, -0.15) is 0 Å². The number of nitrogens with one attached hydrogen (secondary N) is 6. The van der Waals surface area contributed by atoms with E-state index in [4.69, 9.17) is 17.2 Å². The van der Waals surface area contributed by atoms with Gasteiger partial charge in [-0.15, -0.1) is 0 Å². The number of hydrogen-bond acceptors (Lipinski definition) is 14. The lowest BCUT2D eigenvalue weighted by Crippen LogP contribution is -2.52. The zero-order valence-corrected chi connectivity index (χ0v) is 33.3. The summed E-state index contributed by atoms with van der Waals surface area (Å²) in [5.74, 6) is -5.15. The molecule has 6 amide bonds. The number of carbonyl (C=O) groups excluding carboxylic acids is 8. The number of rotatable bonds is 30. The first-order valence-electron chi connectivity index (χ1n) is 18.9. The van der Waals surface area contributed by atoms with Crippen molar-refractivity contribution in [2.75, 3.05) is 66.0 Å². The molecule has 23 heteroatoms. The molecule has 0 aliphatic rings. The van der Waals surface area contributed by atoms with Gasteiger partial charge in [-0.1, -0.05) is 6.92 Å². The number of aromatic nitrogens is 6. The summed E-state index contributed by atoms with van der Waals surface area (Å²) in [6, 6.07) is -2.15. The van der Waals surface area contributed by atoms with Crippen LogP contribution >= 0.6 is 0 Å². The SMILES string of the molecule is CCC(=O)CN(CCN(CCN(CC(=O)CC(Cc1cnc[nH]1)C(N)=O)CC(=O)NC)CC(=O)NC(Cc1cnc[nH]1)C(N)=O)CC(=O)NC(Cc1cnc[nH]1)C(N)=O. The van der Waals surface area contributed by atoms with Crippen LogP contribution in [-0.4, -0.2) is 170 Å². The van der Waals surface area contributed by atoms with Crippen LogP contribution in [-0.2, 0) is 57.6 Å². The molecule has 0 saturated heterocycles. The van der Waals surface area contributed by atoms with Crippen LogP contribution in [0, 0.1) is 5.92 Å². The Bertz CT molecular complexity index is 1720. The van der Waals surface area contributed by atoms with Gasteiger partial charge in [0, 0.05) is 101 Å². The number of aromatic amines is 3. The first kappa shape index (κ1) is 47.0. The summed E-state index contributed by atoms with van der Waals surface area (Å²) in [4.78, 5) is 127. The average Bonchev–Trinajstić information content (AvgIpc) is 4.00. The third-order valence-corrected chi connectivity index (χ3v) is 9.25. The van der Waals surface area contributed by atoms with E-state index in [1.165, 1.54) is 44.6 Å². The van der Waals surface area contributed by atoms with Crippen molar-refractivity contribution in [3.05, 3.63) is 54.7 Å². The minimum atomic E-state index is -1.09. The highest BCUT2D eigenvalue weighted by molar-refractivity contribution is 5.89. The Morgan fingerprint density at radius 2 is 0.983 bits per heavy atom. The highest BCUT2D eigenvalue weighted by atomic mass is 16.2. The number of nitrogens with two attached hydrogens (primary N) is 3. The van der Waals surface area contributed by atoms with Crippen LogP contribution in [0.15, 0.2) is 37.6 Å². The predicted molar refractivity (Wildman–Crippen MR) is 210 cm³/mol. The van der Waals surface area contributed by atoms with E-state index in [2.05, 4.69) is 45.9 Å². The highest BCUT2D eigenvalue weighted by Gasteiger charge is 2.26. The number of primary amides is 3. The smallest absolute Gasteiger partial charge is 0.240 e. The Kier molecular flexibility index (Phi) is 19.5. The molecule has 0 radical (unpaired) electrons. The highest BCUT2D eigenvalue weighted by Crippen LogP contribution is 2.12. The number of carbonyl (C=O) groups is 8. The van der Waals surface area contributed by atoms with Crippen molar-refractivity contribution < 1.29 is 38.4 Å². The molecule has 3 rings (SSSR count). The zero-order chi connectivity index (χ0) is 43.3. The summed E-state index contributed by atoms with van der Waals surface area (Å²) in [5.41, 5.74) is 18.5. The van der Waals surface area contributed by atoms with E-state index in [-0.39, 0.29) is 103 Å². The quantitative estimate of drug-likeness (QED) is 0.0306. The van der Waals surface area contributed by atoms with E-state index in [1.807, 2.05) is 0 Å². The van der Waals surface area contributed by atoms with Crippen LogP contribution in [0.3, 0.4) is 0 Å². The Morgan fingerprint density at radius 1 is 0.576 bits per heavy atom. The van der Waals surface area contributed by atoms with E-state index < -0.39 is 53.4 Å². The number of nitrogens with zero attached hydrogens (tertiary/aromatic N) is 6. The van der Waals surface area contributed by atoms with E-state index in [0.29, 0.717) is 17.1 Å². The molecule has 322 valence electrons. The molecule has 3 unspecified atom stereocenters. The van der Waals surface area contributed by atoms with Crippen molar-refractivity contribution >= 4 is 47.0 Å². The topological polar surface area (TPSA) is 346 Å². The predicted octanol–water partition coefficient (Wildman–Crippen LogP) is -4.48. The fraction of sp³-hybridized carbons (Fsp3) is 0.528. The normalized spacial score (nSPS) is 12.8. The molecule has 23 nitrogen and oxygen atoms in total. The van der Waals surface area contributed by atoms with Crippen molar-refractivity contribution in [1.82, 2.24) is 60.6 Å². The molecule has 0 spiro atoms. The lowest BCUT2D eigenvalue weighted by molar-refractivity contribution is -0.129. The fourth-order valence-electron chi connectivity index (χ4n) is 5.99. The molecule has 3 aromatic heterocycles. The Morgan fingerprint density at radius 3 is 1.37 bits per heavy atom. The molecule has 0 bridgehead atoms. The van der Waals surface area contributed by atoms with Crippen LogP contribution in [0.4, 0.5) is 0 Å². The van der Waals surface area contributed by atoms with E-state index in [9.17, 15) is 38.4 Å². The second-order valence-corrected chi connectivity index (χ2v) is 14.0. The van der Waals surface area contributed by atoms with E-state index in [0.717, 1.165) is 0 Å². The van der Waals surface area contributed by atoms with Crippen LogP contribution in [0.2, 0.25) is 0 Å². The molecule has 12 N–H and O–H groups in total. The number of likely N-dealkylation sites (N-methyl/N-ethyl adjacent to an activating group) is 1. The number of ketones is 2. The van der Waals surface area contributed by atoms with Gasteiger partial charge >= 0.3 is 0 Å². The third-order valence-electron chi connectivity index (χ3n) is 9.25. The maximum absolute atomic E-state index is 13.5. The van der Waals surface area contributed by atoms with Gasteiger partial charge in [0.05, 0.1) is 57.6 Å². The first-order valence-corrected chi connectivity index (χ1v) is 18.9. The van der Waals surface area contributed by atoms with Crippen LogP contribution in [0.5, 0.6) is 0 Å². The summed E-state index contributed by atoms with van der Waals surface area (Å²) < 4.78 is 0. The molecule has 59 heavy (non-hydrogen) atoms. The average molecular weight is 826 g/mol. The summed E-state index contributed by atoms with van der Waals surface area (Å²) in [7, 11) is 1.44. The molecule has 0 aliphatic carbocycles. The van der Waals surface area contributed by atoms with Gasteiger partial charge in [0.15, 0.2) is 0 Å². The molecule has 0 fully saturated rings. The number of hydrogen-bond donors (Lipinski definition) is 9. The minimum Gasteiger partial charge on any atom is -0.369 e. The van der Waals surface area contributed by atoms with Crippen molar-refractivity contribution in [2.24, 2.45) is 23.1 Å². The van der Waals surface area contributed by atoms with Gasteiger partial charge in [-0.25, -0.2) is 15.0 Å². The number of H-pyrrole nitrogens is 3. The Balaban J connectivity index is 1.79. The molecule has 3 heterocycles. The van der Waals surface area contributed by atoms with Gasteiger partial charge in [0.1, 0.15) is 23.7 Å². The van der Waals surface area contributed by atoms with Gasteiger partial charge in [0.25, 0.3) is 0 Å². The van der Waals surface area contributed by atoms with Crippen molar-refractivity contribution in [2.45, 2.75) is 51.1 Å². The van der Waals surface area contributed by atoms with Crippen LogP contribution < -0.4 is 33.2 Å². The minimum absolute atomic E-state index is 0.0461. The third kappa shape index (κ3) is 17.8. The Hall–Kier alpha value is -6.33. The number of imidazole rings is 3. The molecule has 0 saturated carbocycles. The summed E-state index contributed by atoms with van der Waals surface area (Å²) in [6.45, 7) is 0.839. The maximum Gasteiger partial charge on any atom is 0.240 e. The Labute approximate surface area is 340 Å². The first-order chi connectivity index (χ1) is 28.1. The monoisotopic (exact) mass is 825 g/mol. The number of amides is 6. The van der Waals surface area contributed by atoms with Crippen molar-refractivity contribution in [3.8, 4) is 0 Å². The van der Waals surface area contributed by atoms with Crippen LogP contribution in [0.1, 0.15) is 36.8 Å². The van der Waals surface area contributed by atoms with Crippen LogP contribution in [0.25, 0.3) is 0 Å². The molecule has 3 atom stereocenters. The zero-order valence-electron chi connectivity index (χ0n) is 33.3. The second kappa shape index (κ2) is 24.4.